The highest BCUT2D eigenvalue weighted by Crippen LogP contribution is 2.29. The van der Waals surface area contributed by atoms with Crippen molar-refractivity contribution in [3.05, 3.63) is 29.6 Å². The van der Waals surface area contributed by atoms with Crippen LogP contribution in [0.2, 0.25) is 0 Å². The summed E-state index contributed by atoms with van der Waals surface area (Å²) in [6.45, 7) is 2.24. The van der Waals surface area contributed by atoms with Gasteiger partial charge in [0.1, 0.15) is 5.82 Å². The molecule has 0 aromatic heterocycles. The maximum Gasteiger partial charge on any atom is 0.147 e. The summed E-state index contributed by atoms with van der Waals surface area (Å²) in [5.74, 6) is 0.524. The molecule has 1 fully saturated rings. The molecule has 1 aliphatic carbocycles. The molecule has 2 atom stereocenters. The number of hydrogen-bond donors (Lipinski definition) is 1. The summed E-state index contributed by atoms with van der Waals surface area (Å²) in [5.41, 5.74) is 0.903. The molecule has 2 unspecified atom stereocenters. The molecule has 20 heavy (non-hydrogen) atoms. The van der Waals surface area contributed by atoms with Crippen LogP contribution in [0.5, 0.6) is 0 Å². The minimum absolute atomic E-state index is 0.321. The fourth-order valence-electron chi connectivity index (χ4n) is 3.14. The van der Waals surface area contributed by atoms with Crippen LogP contribution >= 0.6 is 0 Å². The Labute approximate surface area is 121 Å². The molecule has 1 aliphatic rings. The Hall–Kier alpha value is -1.56. The second kappa shape index (κ2) is 7.28. The highest BCUT2D eigenvalue weighted by atomic mass is 19.1. The molecular weight excluding hydrogens is 251 g/mol. The molecule has 3 heteroatoms. The van der Waals surface area contributed by atoms with E-state index in [9.17, 15) is 4.39 Å². The van der Waals surface area contributed by atoms with Crippen LogP contribution in [0.25, 0.3) is 0 Å². The van der Waals surface area contributed by atoms with Crippen LogP contribution in [0.3, 0.4) is 0 Å². The average molecular weight is 274 g/mol. The summed E-state index contributed by atoms with van der Waals surface area (Å²) in [6, 6.07) is 6.98. The summed E-state index contributed by atoms with van der Waals surface area (Å²) in [5, 5.41) is 12.1. The van der Waals surface area contributed by atoms with Crippen LogP contribution < -0.4 is 5.32 Å². The lowest BCUT2D eigenvalue weighted by Gasteiger charge is -2.18. The Balaban J connectivity index is 1.95. The Bertz CT molecular complexity index is 478. The van der Waals surface area contributed by atoms with Gasteiger partial charge in [0.05, 0.1) is 17.3 Å². The van der Waals surface area contributed by atoms with Crippen molar-refractivity contribution in [3.63, 3.8) is 0 Å². The zero-order valence-corrected chi connectivity index (χ0v) is 12.2. The number of hydrogen-bond acceptors (Lipinski definition) is 2. The van der Waals surface area contributed by atoms with Gasteiger partial charge in [0.2, 0.25) is 0 Å². The van der Waals surface area contributed by atoms with E-state index < -0.39 is 0 Å². The molecule has 0 spiro atoms. The number of rotatable bonds is 4. The first-order valence-electron chi connectivity index (χ1n) is 7.69. The molecule has 1 aromatic carbocycles. The molecule has 0 radical (unpaired) electrons. The lowest BCUT2D eigenvalue weighted by atomic mass is 9.95. The fourth-order valence-corrected chi connectivity index (χ4v) is 3.14. The maximum absolute atomic E-state index is 13.9. The van der Waals surface area contributed by atoms with Crippen LogP contribution in [0.15, 0.2) is 18.2 Å². The average Bonchev–Trinajstić information content (AvgIpc) is 2.67. The maximum atomic E-state index is 13.9. The molecule has 108 valence electrons. The molecule has 2 nitrogen and oxygen atoms in total. The zero-order valence-electron chi connectivity index (χ0n) is 12.2. The van der Waals surface area contributed by atoms with E-state index in [1.165, 1.54) is 38.2 Å². The van der Waals surface area contributed by atoms with Crippen molar-refractivity contribution in [2.45, 2.75) is 57.9 Å². The van der Waals surface area contributed by atoms with E-state index in [0.29, 0.717) is 17.3 Å². The monoisotopic (exact) mass is 274 g/mol. The van der Waals surface area contributed by atoms with Crippen LogP contribution in [0.4, 0.5) is 10.1 Å². The number of halogens is 1. The highest BCUT2D eigenvalue weighted by Gasteiger charge is 2.19. The van der Waals surface area contributed by atoms with Crippen molar-refractivity contribution >= 4 is 5.69 Å². The summed E-state index contributed by atoms with van der Waals surface area (Å²) >= 11 is 0. The first kappa shape index (κ1) is 14.8. The minimum atomic E-state index is -0.321. The fraction of sp³-hybridized carbons (Fsp3) is 0.588. The molecule has 2 rings (SSSR count). The molecule has 1 N–H and O–H groups in total. The quantitative estimate of drug-likeness (QED) is 0.796. The van der Waals surface area contributed by atoms with E-state index in [4.69, 9.17) is 5.26 Å². The van der Waals surface area contributed by atoms with Crippen molar-refractivity contribution in [2.75, 3.05) is 5.32 Å². The van der Waals surface area contributed by atoms with Crippen molar-refractivity contribution in [1.82, 2.24) is 0 Å². The number of nitrogens with zero attached hydrogens (tertiary/aromatic N) is 1. The number of nitrogens with one attached hydrogen (secondary N) is 1. The molecule has 0 heterocycles. The lowest BCUT2D eigenvalue weighted by Crippen LogP contribution is -2.19. The van der Waals surface area contributed by atoms with Crippen molar-refractivity contribution < 1.29 is 4.39 Å². The van der Waals surface area contributed by atoms with Gasteiger partial charge < -0.3 is 5.32 Å². The van der Waals surface area contributed by atoms with Gasteiger partial charge in [-0.25, -0.2) is 4.39 Å². The Kier molecular flexibility index (Phi) is 5.40. The first-order valence-corrected chi connectivity index (χ1v) is 7.69. The Morgan fingerprint density at radius 3 is 2.85 bits per heavy atom. The predicted octanol–water partition coefficient (Wildman–Crippen LogP) is 4.86. The van der Waals surface area contributed by atoms with Gasteiger partial charge in [0, 0.05) is 6.04 Å². The highest BCUT2D eigenvalue weighted by molar-refractivity contribution is 5.49. The van der Waals surface area contributed by atoms with Gasteiger partial charge in [-0.15, -0.1) is 0 Å². The van der Waals surface area contributed by atoms with Crippen LogP contribution in [0, 0.1) is 23.1 Å². The van der Waals surface area contributed by atoms with Crippen LogP contribution in [-0.4, -0.2) is 6.04 Å². The van der Waals surface area contributed by atoms with Gasteiger partial charge in [-0.3, -0.25) is 0 Å². The third kappa shape index (κ3) is 3.96. The molecule has 0 amide bonds. The van der Waals surface area contributed by atoms with Crippen LogP contribution in [0.1, 0.15) is 57.4 Å². The third-order valence-electron chi connectivity index (χ3n) is 4.24. The number of nitriles is 1. The molecular formula is C17H23FN2. The SMILES string of the molecule is CCCC1CCCC(Nc2ccc(C#N)cc2F)CC1. The standard InChI is InChI=1S/C17H23FN2/c1-2-4-13-5-3-6-15(9-7-13)20-17-10-8-14(12-19)11-16(17)18/h8,10-11,13,15,20H,2-7,9H2,1H3. The molecule has 0 aliphatic heterocycles. The summed E-state index contributed by atoms with van der Waals surface area (Å²) in [4.78, 5) is 0. The Morgan fingerprint density at radius 1 is 1.30 bits per heavy atom. The number of benzene rings is 1. The molecule has 1 saturated carbocycles. The zero-order chi connectivity index (χ0) is 14.4. The van der Waals surface area contributed by atoms with Gasteiger partial charge in [-0.2, -0.15) is 5.26 Å². The van der Waals surface area contributed by atoms with Gasteiger partial charge in [0.25, 0.3) is 0 Å². The van der Waals surface area contributed by atoms with Crippen LogP contribution in [-0.2, 0) is 0 Å². The smallest absolute Gasteiger partial charge is 0.147 e. The van der Waals surface area contributed by atoms with E-state index >= 15 is 0 Å². The molecule has 0 saturated heterocycles. The lowest BCUT2D eigenvalue weighted by molar-refractivity contribution is 0.422. The van der Waals surface area contributed by atoms with Crippen molar-refractivity contribution in [2.24, 2.45) is 5.92 Å². The largest absolute Gasteiger partial charge is 0.380 e. The van der Waals surface area contributed by atoms with Gasteiger partial charge in [-0.05, 0) is 43.4 Å². The summed E-state index contributed by atoms with van der Waals surface area (Å²) in [7, 11) is 0. The normalized spacial score (nSPS) is 22.9. The number of anilines is 1. The third-order valence-corrected chi connectivity index (χ3v) is 4.24. The van der Waals surface area contributed by atoms with Gasteiger partial charge >= 0.3 is 0 Å². The van der Waals surface area contributed by atoms with E-state index in [1.807, 2.05) is 6.07 Å². The van der Waals surface area contributed by atoms with Crippen molar-refractivity contribution in [3.8, 4) is 6.07 Å². The topological polar surface area (TPSA) is 35.8 Å². The summed E-state index contributed by atoms with van der Waals surface area (Å²) in [6.07, 6.45) is 8.57. The second-order valence-corrected chi connectivity index (χ2v) is 5.81. The van der Waals surface area contributed by atoms with E-state index in [1.54, 1.807) is 12.1 Å². The van der Waals surface area contributed by atoms with E-state index in [0.717, 1.165) is 18.8 Å². The summed E-state index contributed by atoms with van der Waals surface area (Å²) < 4.78 is 13.9. The second-order valence-electron chi connectivity index (χ2n) is 5.81. The van der Waals surface area contributed by atoms with Gasteiger partial charge in [0.15, 0.2) is 0 Å². The minimum Gasteiger partial charge on any atom is -0.380 e. The molecule has 1 aromatic rings. The van der Waals surface area contributed by atoms with E-state index in [-0.39, 0.29) is 5.82 Å². The van der Waals surface area contributed by atoms with Gasteiger partial charge in [-0.1, -0.05) is 32.6 Å². The predicted molar refractivity (Wildman–Crippen MR) is 80.0 cm³/mol. The Morgan fingerprint density at radius 2 is 2.15 bits per heavy atom. The first-order chi connectivity index (χ1) is 9.72. The molecule has 0 bridgehead atoms. The van der Waals surface area contributed by atoms with E-state index in [2.05, 4.69) is 12.2 Å². The van der Waals surface area contributed by atoms with Crippen molar-refractivity contribution in [1.29, 1.82) is 5.26 Å².